The van der Waals surface area contributed by atoms with Crippen LogP contribution in [0.1, 0.15) is 66.7 Å². The second-order valence-corrected chi connectivity index (χ2v) is 7.15. The lowest BCUT2D eigenvalue weighted by molar-refractivity contribution is -0.130. The molecule has 1 aliphatic heterocycles. The van der Waals surface area contributed by atoms with E-state index in [0.29, 0.717) is 18.2 Å². The van der Waals surface area contributed by atoms with Gasteiger partial charge in [-0.05, 0) is 39.0 Å². The average Bonchev–Trinajstić information content (AvgIpc) is 2.46. The Bertz CT molecular complexity index is 312. The third-order valence-corrected chi connectivity index (χ3v) is 5.76. The quantitative estimate of drug-likeness (QED) is 0.809. The summed E-state index contributed by atoms with van der Waals surface area (Å²) in [5.74, 6) is 0. The predicted octanol–water partition coefficient (Wildman–Crippen LogP) is 3.52. The molecule has 1 N–H and O–H groups in total. The summed E-state index contributed by atoms with van der Waals surface area (Å²) in [5, 5.41) is 3.90. The summed E-state index contributed by atoms with van der Waals surface area (Å²) in [5.41, 5.74) is 0.374. The standard InChI is InChI=1S/C17H33NO2/c1-6-17(7-2)12-13(9-10-20-17)18-14-11-15(19-8-3)16(14,4)5/h13-15,18H,6-12H2,1-5H3. The van der Waals surface area contributed by atoms with Crippen molar-refractivity contribution < 1.29 is 9.47 Å². The maximum absolute atomic E-state index is 6.07. The summed E-state index contributed by atoms with van der Waals surface area (Å²) in [6.45, 7) is 13.0. The second kappa shape index (κ2) is 6.33. The first-order valence-electron chi connectivity index (χ1n) is 8.49. The Morgan fingerprint density at radius 3 is 2.45 bits per heavy atom. The van der Waals surface area contributed by atoms with Crippen molar-refractivity contribution in [2.75, 3.05) is 13.2 Å². The van der Waals surface area contributed by atoms with Crippen molar-refractivity contribution >= 4 is 0 Å². The highest BCUT2D eigenvalue weighted by molar-refractivity contribution is 5.04. The van der Waals surface area contributed by atoms with Crippen molar-refractivity contribution in [1.82, 2.24) is 5.32 Å². The fraction of sp³-hybridized carbons (Fsp3) is 1.00. The van der Waals surface area contributed by atoms with Gasteiger partial charge >= 0.3 is 0 Å². The minimum absolute atomic E-state index is 0.114. The van der Waals surface area contributed by atoms with Crippen LogP contribution in [0.4, 0.5) is 0 Å². The molecule has 0 aromatic carbocycles. The second-order valence-electron chi connectivity index (χ2n) is 7.15. The van der Waals surface area contributed by atoms with Crippen LogP contribution < -0.4 is 5.32 Å². The Morgan fingerprint density at radius 1 is 1.20 bits per heavy atom. The maximum atomic E-state index is 6.07. The van der Waals surface area contributed by atoms with Crippen molar-refractivity contribution in [2.24, 2.45) is 5.41 Å². The number of hydrogen-bond donors (Lipinski definition) is 1. The zero-order valence-corrected chi connectivity index (χ0v) is 14.0. The van der Waals surface area contributed by atoms with Crippen molar-refractivity contribution in [3.05, 3.63) is 0 Å². The summed E-state index contributed by atoms with van der Waals surface area (Å²) < 4.78 is 11.9. The van der Waals surface area contributed by atoms with Crippen molar-refractivity contribution in [2.45, 2.75) is 90.5 Å². The molecule has 3 atom stereocenters. The molecule has 1 heterocycles. The Morgan fingerprint density at radius 2 is 1.90 bits per heavy atom. The highest BCUT2D eigenvalue weighted by Gasteiger charge is 2.50. The first kappa shape index (κ1) is 16.3. The first-order chi connectivity index (χ1) is 9.47. The molecule has 1 aliphatic carbocycles. The van der Waals surface area contributed by atoms with Crippen molar-refractivity contribution in [3.63, 3.8) is 0 Å². The molecule has 0 amide bonds. The van der Waals surface area contributed by atoms with Crippen LogP contribution >= 0.6 is 0 Å². The molecule has 1 saturated heterocycles. The smallest absolute Gasteiger partial charge is 0.0692 e. The van der Waals surface area contributed by atoms with Gasteiger partial charge in [0.05, 0.1) is 11.7 Å². The SMILES string of the molecule is CCOC1CC(NC2CCOC(CC)(CC)C2)C1(C)C. The Kier molecular flexibility index (Phi) is 5.14. The Balaban J connectivity index is 1.88. The van der Waals surface area contributed by atoms with Crippen LogP contribution in [0.5, 0.6) is 0 Å². The van der Waals surface area contributed by atoms with Crippen LogP contribution in [0, 0.1) is 5.41 Å². The van der Waals surface area contributed by atoms with E-state index in [9.17, 15) is 0 Å². The molecule has 0 aromatic rings. The number of nitrogens with one attached hydrogen (secondary N) is 1. The van der Waals surface area contributed by atoms with E-state index in [1.54, 1.807) is 0 Å². The van der Waals surface area contributed by atoms with Crippen molar-refractivity contribution in [3.8, 4) is 0 Å². The van der Waals surface area contributed by atoms with Crippen molar-refractivity contribution in [1.29, 1.82) is 0 Å². The number of hydrogen-bond acceptors (Lipinski definition) is 3. The van der Waals surface area contributed by atoms with Gasteiger partial charge in [0.1, 0.15) is 0 Å². The van der Waals surface area contributed by atoms with Crippen LogP contribution in [-0.2, 0) is 9.47 Å². The normalized spacial score (nSPS) is 35.5. The monoisotopic (exact) mass is 283 g/mol. The molecule has 118 valence electrons. The highest BCUT2D eigenvalue weighted by atomic mass is 16.5. The van der Waals surface area contributed by atoms with E-state index < -0.39 is 0 Å². The van der Waals surface area contributed by atoms with Gasteiger partial charge in [-0.25, -0.2) is 0 Å². The van der Waals surface area contributed by atoms with E-state index in [2.05, 4.69) is 39.9 Å². The summed E-state index contributed by atoms with van der Waals surface area (Å²) in [4.78, 5) is 0. The minimum atomic E-state index is 0.114. The van der Waals surface area contributed by atoms with E-state index in [1.807, 2.05) is 0 Å². The average molecular weight is 283 g/mol. The fourth-order valence-corrected chi connectivity index (χ4v) is 3.85. The molecule has 2 aliphatic rings. The van der Waals surface area contributed by atoms with E-state index >= 15 is 0 Å². The van der Waals surface area contributed by atoms with Gasteiger partial charge in [-0.1, -0.05) is 27.7 Å². The fourth-order valence-electron chi connectivity index (χ4n) is 3.85. The van der Waals surface area contributed by atoms with E-state index in [1.165, 1.54) is 0 Å². The Labute approximate surface area is 124 Å². The van der Waals surface area contributed by atoms with Gasteiger partial charge in [0.15, 0.2) is 0 Å². The van der Waals surface area contributed by atoms with Gasteiger partial charge in [-0.2, -0.15) is 0 Å². The zero-order chi connectivity index (χ0) is 14.8. The summed E-state index contributed by atoms with van der Waals surface area (Å²) in [7, 11) is 0. The predicted molar refractivity (Wildman–Crippen MR) is 83.0 cm³/mol. The third kappa shape index (κ3) is 3.05. The van der Waals surface area contributed by atoms with Gasteiger partial charge < -0.3 is 14.8 Å². The molecule has 0 radical (unpaired) electrons. The molecular formula is C17H33NO2. The molecule has 1 saturated carbocycles. The van der Waals surface area contributed by atoms with Crippen LogP contribution in [-0.4, -0.2) is 37.0 Å². The van der Waals surface area contributed by atoms with Crippen LogP contribution in [0.2, 0.25) is 0 Å². The summed E-state index contributed by atoms with van der Waals surface area (Å²) in [6, 6.07) is 1.20. The van der Waals surface area contributed by atoms with Gasteiger partial charge in [0.25, 0.3) is 0 Å². The first-order valence-corrected chi connectivity index (χ1v) is 8.49. The molecule has 0 aromatic heterocycles. The molecule has 3 unspecified atom stereocenters. The van der Waals surface area contributed by atoms with E-state index in [4.69, 9.17) is 9.47 Å². The van der Waals surface area contributed by atoms with Gasteiger partial charge in [-0.15, -0.1) is 0 Å². The zero-order valence-electron chi connectivity index (χ0n) is 14.0. The van der Waals surface area contributed by atoms with Crippen LogP contribution in [0.15, 0.2) is 0 Å². The minimum Gasteiger partial charge on any atom is -0.378 e. The molecule has 0 bridgehead atoms. The van der Waals surface area contributed by atoms with Crippen LogP contribution in [0.3, 0.4) is 0 Å². The molecular weight excluding hydrogens is 250 g/mol. The lowest BCUT2D eigenvalue weighted by Gasteiger charge is -2.54. The molecule has 20 heavy (non-hydrogen) atoms. The largest absolute Gasteiger partial charge is 0.378 e. The summed E-state index contributed by atoms with van der Waals surface area (Å²) >= 11 is 0. The number of rotatable bonds is 6. The Hall–Kier alpha value is -0.120. The van der Waals surface area contributed by atoms with Gasteiger partial charge in [0.2, 0.25) is 0 Å². The lowest BCUT2D eigenvalue weighted by Crippen LogP contribution is -2.64. The topological polar surface area (TPSA) is 30.5 Å². The van der Waals surface area contributed by atoms with Crippen LogP contribution in [0.25, 0.3) is 0 Å². The highest BCUT2D eigenvalue weighted by Crippen LogP contribution is 2.44. The molecule has 3 nitrogen and oxygen atoms in total. The third-order valence-electron chi connectivity index (χ3n) is 5.76. The molecule has 3 heteroatoms. The lowest BCUT2D eigenvalue weighted by atomic mass is 9.64. The van der Waals surface area contributed by atoms with Gasteiger partial charge in [-0.3, -0.25) is 0 Å². The van der Waals surface area contributed by atoms with E-state index in [0.717, 1.165) is 45.3 Å². The number of ether oxygens (including phenoxy) is 2. The molecule has 2 rings (SSSR count). The molecule has 2 fully saturated rings. The summed E-state index contributed by atoms with van der Waals surface area (Å²) in [6.07, 6.45) is 6.13. The maximum Gasteiger partial charge on any atom is 0.0692 e. The van der Waals surface area contributed by atoms with E-state index in [-0.39, 0.29) is 11.0 Å². The molecule has 0 spiro atoms. The van der Waals surface area contributed by atoms with Gasteiger partial charge in [0, 0.05) is 30.7 Å².